The molecule has 2 N–H and O–H groups in total. The topological polar surface area (TPSA) is 95.9 Å². The average Bonchev–Trinajstić information content (AvgIpc) is 3.04. The summed E-state index contributed by atoms with van der Waals surface area (Å²) in [5.74, 6) is -0.0949. The number of aryl methyl sites for hydroxylation is 1. The molecule has 5 rings (SSSR count). The number of halogens is 1. The van der Waals surface area contributed by atoms with Gasteiger partial charge in [0.1, 0.15) is 5.75 Å². The van der Waals surface area contributed by atoms with Crippen LogP contribution >= 0.6 is 11.6 Å². The Morgan fingerprint density at radius 3 is 2.74 bits per heavy atom. The van der Waals surface area contributed by atoms with Crippen LogP contribution in [0.15, 0.2) is 48.6 Å². The molecule has 7 nitrogen and oxygen atoms in total. The van der Waals surface area contributed by atoms with E-state index in [-0.39, 0.29) is 28.6 Å². The zero-order chi connectivity index (χ0) is 30.3. The van der Waals surface area contributed by atoms with E-state index in [4.69, 9.17) is 16.3 Å². The minimum Gasteiger partial charge on any atom is -0.490 e. The van der Waals surface area contributed by atoms with Crippen LogP contribution < -0.4 is 14.4 Å². The highest BCUT2D eigenvalue weighted by Gasteiger charge is 2.42. The highest BCUT2D eigenvalue weighted by molar-refractivity contribution is 7.90. The Kier molecular flexibility index (Phi) is 8.72. The van der Waals surface area contributed by atoms with Gasteiger partial charge in [-0.2, -0.15) is 0 Å². The van der Waals surface area contributed by atoms with E-state index in [1.54, 1.807) is 18.2 Å². The van der Waals surface area contributed by atoms with Crippen LogP contribution in [0.3, 0.4) is 0 Å². The van der Waals surface area contributed by atoms with E-state index in [2.05, 4.69) is 35.6 Å². The minimum absolute atomic E-state index is 0.00602. The standard InChI is InChI=1S/C33H43ClN2O5S/c1-5-26-22(2)18-36-19-33(15-6-8-23-16-25(34)11-12-27(23)33)20-41-30-13-10-24(17-28(30)36)31(38)35-42(39,40)21-32(3,4)14-7-9-29(26)37/h7,9-13,16-17,22,26,29,37H,5-6,8,14-15,18-21H2,1-4H3,(H,35,38)/b9-7+/t22-,26+,29-,33-/m0/s1. The second-order valence-electron chi connectivity index (χ2n) is 13.3. The Balaban J connectivity index is 1.60. The van der Waals surface area contributed by atoms with Crippen LogP contribution in [0.1, 0.15) is 74.9 Å². The highest BCUT2D eigenvalue weighted by atomic mass is 35.5. The van der Waals surface area contributed by atoms with Crippen molar-refractivity contribution < 1.29 is 23.1 Å². The van der Waals surface area contributed by atoms with Gasteiger partial charge in [-0.05, 0) is 84.4 Å². The fourth-order valence-electron chi connectivity index (χ4n) is 7.20. The molecule has 0 saturated heterocycles. The number of rotatable bonds is 1. The van der Waals surface area contributed by atoms with Gasteiger partial charge >= 0.3 is 0 Å². The lowest BCUT2D eigenvalue weighted by Gasteiger charge is -2.42. The number of sulfonamides is 1. The van der Waals surface area contributed by atoms with Gasteiger partial charge in [0.15, 0.2) is 0 Å². The van der Waals surface area contributed by atoms with Crippen LogP contribution in [-0.4, -0.2) is 51.0 Å². The number of carbonyl (C=O) groups excluding carboxylic acids is 1. The molecule has 1 aliphatic carbocycles. The summed E-state index contributed by atoms with van der Waals surface area (Å²) in [5, 5.41) is 12.0. The number of aliphatic hydroxyl groups excluding tert-OH is 1. The Morgan fingerprint density at radius 2 is 1.98 bits per heavy atom. The summed E-state index contributed by atoms with van der Waals surface area (Å²) in [6.07, 6.45) is 7.20. The molecule has 2 aromatic carbocycles. The van der Waals surface area contributed by atoms with Crippen LogP contribution in [0.5, 0.6) is 5.75 Å². The number of hydrogen-bond acceptors (Lipinski definition) is 6. The Morgan fingerprint density at radius 1 is 1.19 bits per heavy atom. The number of aliphatic hydroxyl groups is 1. The van der Waals surface area contributed by atoms with Gasteiger partial charge in [-0.15, -0.1) is 0 Å². The first kappa shape index (κ1) is 30.9. The van der Waals surface area contributed by atoms with Gasteiger partial charge in [0, 0.05) is 29.1 Å². The molecule has 2 bridgehead atoms. The molecule has 0 saturated carbocycles. The number of allylic oxidation sites excluding steroid dienone is 1. The van der Waals surface area contributed by atoms with Crippen molar-refractivity contribution in [3.8, 4) is 5.75 Å². The number of ether oxygens (including phenoxy) is 1. The number of hydrogen-bond donors (Lipinski definition) is 2. The molecular weight excluding hydrogens is 572 g/mol. The second kappa shape index (κ2) is 11.9. The SMILES string of the molecule is CC[C@H]1[C@@H](O)/C=C/CC(C)(C)CS(=O)(=O)NC(=O)c2ccc3c(c2)N(C[C@@H]1C)C[C@@]1(CCCc2cc(Cl)ccc21)CO3. The van der Waals surface area contributed by atoms with Crippen LogP contribution in [0.4, 0.5) is 5.69 Å². The Bertz CT molecular complexity index is 1470. The molecule has 2 heterocycles. The lowest BCUT2D eigenvalue weighted by molar-refractivity contribution is 0.0981. The number of benzene rings is 2. The molecule has 0 aromatic heterocycles. The Labute approximate surface area is 255 Å². The molecule has 228 valence electrons. The highest BCUT2D eigenvalue weighted by Crippen LogP contribution is 2.45. The predicted molar refractivity (Wildman–Crippen MR) is 168 cm³/mol. The van der Waals surface area contributed by atoms with Gasteiger partial charge in [-0.25, -0.2) is 13.1 Å². The Hall–Kier alpha value is -2.55. The normalized spacial score (nSPS) is 30.0. The monoisotopic (exact) mass is 614 g/mol. The van der Waals surface area contributed by atoms with E-state index in [1.165, 1.54) is 11.1 Å². The molecular formula is C33H43ClN2O5S. The lowest BCUT2D eigenvalue weighted by atomic mass is 9.70. The summed E-state index contributed by atoms with van der Waals surface area (Å²) >= 11 is 6.38. The molecule has 0 fully saturated rings. The van der Waals surface area contributed by atoms with Crippen molar-refractivity contribution in [1.29, 1.82) is 0 Å². The van der Waals surface area contributed by atoms with Crippen LogP contribution in [0.2, 0.25) is 5.02 Å². The first-order chi connectivity index (χ1) is 19.8. The number of nitrogens with one attached hydrogen (secondary N) is 1. The molecule has 0 radical (unpaired) electrons. The van der Waals surface area contributed by atoms with Crippen LogP contribution in [0.25, 0.3) is 0 Å². The molecule has 42 heavy (non-hydrogen) atoms. The zero-order valence-corrected chi connectivity index (χ0v) is 26.6. The van der Waals surface area contributed by atoms with Gasteiger partial charge in [-0.1, -0.05) is 63.9 Å². The van der Waals surface area contributed by atoms with Crippen molar-refractivity contribution >= 4 is 33.2 Å². The van der Waals surface area contributed by atoms with E-state index >= 15 is 0 Å². The number of nitrogens with zero attached hydrogens (tertiary/aromatic N) is 1. The number of anilines is 1. The van der Waals surface area contributed by atoms with Gasteiger partial charge in [-0.3, -0.25) is 4.79 Å². The number of amides is 1. The summed E-state index contributed by atoms with van der Waals surface area (Å²) in [6.45, 7) is 9.75. The molecule has 1 amide bonds. The third-order valence-electron chi connectivity index (χ3n) is 9.28. The summed E-state index contributed by atoms with van der Waals surface area (Å²) in [4.78, 5) is 15.6. The van der Waals surface area contributed by atoms with Gasteiger partial charge < -0.3 is 14.7 Å². The third kappa shape index (κ3) is 6.51. The predicted octanol–water partition coefficient (Wildman–Crippen LogP) is 5.88. The molecule has 2 aliphatic heterocycles. The summed E-state index contributed by atoms with van der Waals surface area (Å²) in [6, 6.07) is 11.3. The smallest absolute Gasteiger partial charge is 0.264 e. The number of carbonyl (C=O) groups is 1. The fraction of sp³-hybridized carbons (Fsp3) is 0.545. The van der Waals surface area contributed by atoms with Crippen molar-refractivity contribution in [3.05, 3.63) is 70.3 Å². The zero-order valence-electron chi connectivity index (χ0n) is 25.0. The molecule has 1 spiro atoms. The molecule has 9 heteroatoms. The molecule has 4 atom stereocenters. The van der Waals surface area contributed by atoms with E-state index in [9.17, 15) is 18.3 Å². The quantitative estimate of drug-likeness (QED) is 0.390. The maximum absolute atomic E-state index is 13.3. The van der Waals surface area contributed by atoms with E-state index < -0.39 is 27.4 Å². The van der Waals surface area contributed by atoms with E-state index in [1.807, 2.05) is 32.1 Å². The van der Waals surface area contributed by atoms with Crippen molar-refractivity contribution in [2.24, 2.45) is 17.3 Å². The molecule has 0 unspecified atom stereocenters. The minimum atomic E-state index is -3.91. The van der Waals surface area contributed by atoms with Gasteiger partial charge in [0.2, 0.25) is 10.0 Å². The van der Waals surface area contributed by atoms with E-state index in [0.29, 0.717) is 31.9 Å². The molecule has 3 aliphatic rings. The van der Waals surface area contributed by atoms with Crippen molar-refractivity contribution in [2.45, 2.75) is 71.3 Å². The lowest BCUT2D eigenvalue weighted by Crippen LogP contribution is -2.47. The molecule has 2 aromatic rings. The first-order valence-electron chi connectivity index (χ1n) is 15.0. The van der Waals surface area contributed by atoms with E-state index in [0.717, 1.165) is 36.4 Å². The summed E-state index contributed by atoms with van der Waals surface area (Å²) in [7, 11) is -3.91. The summed E-state index contributed by atoms with van der Waals surface area (Å²) in [5.41, 5.74) is 2.60. The first-order valence-corrected chi connectivity index (χ1v) is 17.0. The average molecular weight is 615 g/mol. The largest absolute Gasteiger partial charge is 0.490 e. The van der Waals surface area contributed by atoms with Gasteiger partial charge in [0.05, 0.1) is 24.2 Å². The fourth-order valence-corrected chi connectivity index (χ4v) is 9.01. The second-order valence-corrected chi connectivity index (χ2v) is 15.5. The van der Waals surface area contributed by atoms with Crippen molar-refractivity contribution in [3.63, 3.8) is 0 Å². The van der Waals surface area contributed by atoms with Crippen molar-refractivity contribution in [1.82, 2.24) is 4.72 Å². The van der Waals surface area contributed by atoms with Crippen LogP contribution in [0, 0.1) is 17.3 Å². The third-order valence-corrected chi connectivity index (χ3v) is 11.2. The maximum atomic E-state index is 13.3. The van der Waals surface area contributed by atoms with Gasteiger partial charge in [0.25, 0.3) is 5.91 Å². The van der Waals surface area contributed by atoms with Crippen molar-refractivity contribution in [2.75, 3.05) is 30.3 Å². The summed E-state index contributed by atoms with van der Waals surface area (Å²) < 4.78 is 34.9. The maximum Gasteiger partial charge on any atom is 0.264 e. The number of fused-ring (bicyclic) bond motifs is 3. The van der Waals surface area contributed by atoms with Crippen LogP contribution in [-0.2, 0) is 21.9 Å².